The number of fused-ring (bicyclic) bond motifs is 1. The molecule has 0 aliphatic carbocycles. The zero-order valence-electron chi connectivity index (χ0n) is 17.3. The van der Waals surface area contributed by atoms with E-state index < -0.39 is 0 Å². The molecule has 2 saturated heterocycles. The second-order valence-corrected chi connectivity index (χ2v) is 8.16. The Bertz CT molecular complexity index is 1040. The highest BCUT2D eigenvalue weighted by molar-refractivity contribution is 5.94. The second kappa shape index (κ2) is 8.16. The molecule has 2 aliphatic rings. The largest absolute Gasteiger partial charge is 0.379 e. The van der Waals surface area contributed by atoms with Gasteiger partial charge in [-0.15, -0.1) is 0 Å². The Hall–Kier alpha value is -2.77. The molecule has 3 aromatic rings. The summed E-state index contributed by atoms with van der Waals surface area (Å²) in [7, 11) is 0. The Morgan fingerprint density at radius 3 is 2.73 bits per heavy atom. The smallest absolute Gasteiger partial charge is 0.253 e. The molecule has 7 heteroatoms. The molecule has 30 heavy (non-hydrogen) atoms. The highest BCUT2D eigenvalue weighted by Crippen LogP contribution is 2.29. The Balaban J connectivity index is 1.39. The van der Waals surface area contributed by atoms with Gasteiger partial charge in [-0.25, -0.2) is 9.50 Å². The number of hydrogen-bond donors (Lipinski definition) is 0. The summed E-state index contributed by atoms with van der Waals surface area (Å²) >= 11 is 0. The lowest BCUT2D eigenvalue weighted by molar-refractivity contribution is 0.0342. The molecule has 0 saturated carbocycles. The van der Waals surface area contributed by atoms with Gasteiger partial charge in [0.15, 0.2) is 5.65 Å². The number of aryl methyl sites for hydroxylation is 1. The normalized spacial score (nSPS) is 20.2. The lowest BCUT2D eigenvalue weighted by Crippen LogP contribution is -2.35. The van der Waals surface area contributed by atoms with Crippen molar-refractivity contribution in [2.24, 2.45) is 0 Å². The van der Waals surface area contributed by atoms with Crippen molar-refractivity contribution in [2.75, 3.05) is 39.4 Å². The number of benzene rings is 1. The van der Waals surface area contributed by atoms with Crippen LogP contribution in [0.15, 0.2) is 42.6 Å². The van der Waals surface area contributed by atoms with E-state index in [1.807, 2.05) is 45.9 Å². The van der Waals surface area contributed by atoms with Crippen LogP contribution in [0.1, 0.15) is 39.6 Å². The van der Waals surface area contributed by atoms with Crippen molar-refractivity contribution in [1.29, 1.82) is 0 Å². The van der Waals surface area contributed by atoms with Crippen LogP contribution in [0.2, 0.25) is 0 Å². The summed E-state index contributed by atoms with van der Waals surface area (Å²) in [6, 6.07) is 11.6. The third-order valence-corrected chi connectivity index (χ3v) is 6.24. The molecule has 1 atom stereocenters. The predicted molar refractivity (Wildman–Crippen MR) is 114 cm³/mol. The van der Waals surface area contributed by atoms with Crippen molar-refractivity contribution in [3.63, 3.8) is 0 Å². The molecule has 5 rings (SSSR count). The molecular formula is C23H27N5O2. The maximum atomic E-state index is 12.8. The second-order valence-electron chi connectivity index (χ2n) is 8.16. The maximum Gasteiger partial charge on any atom is 0.253 e. The van der Waals surface area contributed by atoms with Gasteiger partial charge in [0.25, 0.3) is 5.91 Å². The van der Waals surface area contributed by atoms with Crippen molar-refractivity contribution >= 4 is 11.6 Å². The van der Waals surface area contributed by atoms with Crippen LogP contribution < -0.4 is 0 Å². The first kappa shape index (κ1) is 19.2. The molecule has 156 valence electrons. The van der Waals surface area contributed by atoms with Crippen molar-refractivity contribution in [1.82, 2.24) is 24.4 Å². The summed E-state index contributed by atoms with van der Waals surface area (Å²) < 4.78 is 7.48. The van der Waals surface area contributed by atoms with Gasteiger partial charge in [-0.2, -0.15) is 5.10 Å². The topological polar surface area (TPSA) is 63.0 Å². The van der Waals surface area contributed by atoms with E-state index in [0.717, 1.165) is 68.4 Å². The van der Waals surface area contributed by atoms with Gasteiger partial charge in [-0.05, 0) is 31.5 Å². The van der Waals surface area contributed by atoms with Crippen LogP contribution in [0.25, 0.3) is 5.65 Å². The number of carbonyl (C=O) groups is 1. The van der Waals surface area contributed by atoms with Crippen molar-refractivity contribution in [3.05, 3.63) is 65.1 Å². The quantitative estimate of drug-likeness (QED) is 0.667. The molecule has 0 radical (unpaired) electrons. The Morgan fingerprint density at radius 2 is 1.93 bits per heavy atom. The predicted octanol–water partition coefficient (Wildman–Crippen LogP) is 2.50. The summed E-state index contributed by atoms with van der Waals surface area (Å²) in [5.74, 6) is 0.367. The minimum absolute atomic E-state index is 0.105. The van der Waals surface area contributed by atoms with Gasteiger partial charge in [-0.3, -0.25) is 9.69 Å². The number of amides is 1. The first-order chi connectivity index (χ1) is 14.7. The van der Waals surface area contributed by atoms with Gasteiger partial charge >= 0.3 is 0 Å². The highest BCUT2D eigenvalue weighted by Gasteiger charge is 2.30. The van der Waals surface area contributed by atoms with E-state index in [1.165, 1.54) is 5.56 Å². The minimum atomic E-state index is 0.105. The molecular weight excluding hydrogens is 378 g/mol. The van der Waals surface area contributed by atoms with E-state index in [-0.39, 0.29) is 11.8 Å². The van der Waals surface area contributed by atoms with Crippen LogP contribution in [0.3, 0.4) is 0 Å². The molecule has 0 unspecified atom stereocenters. The first-order valence-electron chi connectivity index (χ1n) is 10.7. The van der Waals surface area contributed by atoms with E-state index >= 15 is 0 Å². The van der Waals surface area contributed by atoms with Gasteiger partial charge in [0.1, 0.15) is 0 Å². The standard InChI is InChI=1S/C23H27N5O2/c1-17-20(16-26-11-13-30-14-12-26)22-24-9-7-21(28(22)25-17)19-8-10-27(15-19)23(29)18-5-3-2-4-6-18/h2-7,9,19H,8,10-16H2,1H3/t19-/m0/s1. The number of morpholine rings is 1. The lowest BCUT2D eigenvalue weighted by atomic mass is 10.0. The van der Waals surface area contributed by atoms with Gasteiger partial charge in [0.05, 0.1) is 24.6 Å². The molecule has 7 nitrogen and oxygen atoms in total. The van der Waals surface area contributed by atoms with Crippen LogP contribution in [-0.4, -0.2) is 69.7 Å². The van der Waals surface area contributed by atoms with Gasteiger partial charge in [-0.1, -0.05) is 18.2 Å². The molecule has 0 spiro atoms. The number of ether oxygens (including phenoxy) is 1. The number of hydrogen-bond acceptors (Lipinski definition) is 5. The number of likely N-dealkylation sites (tertiary alicyclic amines) is 1. The third-order valence-electron chi connectivity index (χ3n) is 6.24. The van der Waals surface area contributed by atoms with Crippen LogP contribution in [0.4, 0.5) is 0 Å². The summed E-state index contributed by atoms with van der Waals surface area (Å²) in [6.07, 6.45) is 2.83. The zero-order valence-corrected chi connectivity index (χ0v) is 17.3. The zero-order chi connectivity index (χ0) is 20.5. The summed E-state index contributed by atoms with van der Waals surface area (Å²) in [5, 5.41) is 4.84. The van der Waals surface area contributed by atoms with E-state index in [9.17, 15) is 4.79 Å². The molecule has 2 fully saturated rings. The average molecular weight is 406 g/mol. The van der Waals surface area contributed by atoms with E-state index in [0.29, 0.717) is 6.54 Å². The lowest BCUT2D eigenvalue weighted by Gasteiger charge is -2.26. The average Bonchev–Trinajstić information content (AvgIpc) is 3.40. The van der Waals surface area contributed by atoms with E-state index in [4.69, 9.17) is 9.84 Å². The minimum Gasteiger partial charge on any atom is -0.379 e. The molecule has 0 N–H and O–H groups in total. The Labute approximate surface area is 176 Å². The summed E-state index contributed by atoms with van der Waals surface area (Å²) in [5.41, 5.74) is 5.04. The third kappa shape index (κ3) is 3.59. The number of carbonyl (C=O) groups excluding carboxylic acids is 1. The molecule has 0 bridgehead atoms. The monoisotopic (exact) mass is 405 g/mol. The SMILES string of the molecule is Cc1nn2c([C@H]3CCN(C(=O)c4ccccc4)C3)ccnc2c1CN1CCOCC1. The van der Waals surface area contributed by atoms with E-state index in [1.54, 1.807) is 0 Å². The van der Waals surface area contributed by atoms with Crippen molar-refractivity contribution in [2.45, 2.75) is 25.8 Å². The Morgan fingerprint density at radius 1 is 1.13 bits per heavy atom. The Kier molecular flexibility index (Phi) is 5.23. The number of aromatic nitrogens is 3. The van der Waals surface area contributed by atoms with Gasteiger partial charge in [0.2, 0.25) is 0 Å². The molecule has 2 aromatic heterocycles. The molecule has 1 amide bonds. The fourth-order valence-electron chi connectivity index (χ4n) is 4.54. The fraction of sp³-hybridized carbons (Fsp3) is 0.435. The van der Waals surface area contributed by atoms with Crippen LogP contribution in [-0.2, 0) is 11.3 Å². The van der Waals surface area contributed by atoms with Crippen molar-refractivity contribution in [3.8, 4) is 0 Å². The number of rotatable bonds is 4. The highest BCUT2D eigenvalue weighted by atomic mass is 16.5. The van der Waals surface area contributed by atoms with Gasteiger partial charge in [0, 0.05) is 56.0 Å². The summed E-state index contributed by atoms with van der Waals surface area (Å²) in [4.78, 5) is 21.9. The summed E-state index contributed by atoms with van der Waals surface area (Å²) in [6.45, 7) is 7.83. The number of nitrogens with zero attached hydrogens (tertiary/aromatic N) is 5. The van der Waals surface area contributed by atoms with Crippen LogP contribution in [0, 0.1) is 6.92 Å². The first-order valence-corrected chi connectivity index (χ1v) is 10.7. The fourth-order valence-corrected chi connectivity index (χ4v) is 4.54. The van der Waals surface area contributed by atoms with Crippen LogP contribution in [0.5, 0.6) is 0 Å². The van der Waals surface area contributed by atoms with E-state index in [2.05, 4.69) is 22.9 Å². The molecule has 2 aliphatic heterocycles. The van der Waals surface area contributed by atoms with Crippen LogP contribution >= 0.6 is 0 Å². The molecule has 1 aromatic carbocycles. The van der Waals surface area contributed by atoms with Crippen molar-refractivity contribution < 1.29 is 9.53 Å². The van der Waals surface area contributed by atoms with Gasteiger partial charge < -0.3 is 9.64 Å². The molecule has 4 heterocycles. The maximum absolute atomic E-state index is 12.8.